The van der Waals surface area contributed by atoms with E-state index in [0.29, 0.717) is 17.0 Å². The minimum absolute atomic E-state index is 0.284. The zero-order chi connectivity index (χ0) is 9.26. The summed E-state index contributed by atoms with van der Waals surface area (Å²) in [5, 5.41) is 0. The molecule has 1 heterocycles. The highest BCUT2D eigenvalue weighted by Gasteiger charge is 2.06. The van der Waals surface area contributed by atoms with Crippen molar-refractivity contribution < 1.29 is 8.81 Å². The molecule has 1 aromatic carbocycles. The van der Waals surface area contributed by atoms with Gasteiger partial charge in [0.25, 0.3) is 6.39 Å². The monoisotopic (exact) mass is 176 g/mol. The molecule has 0 spiro atoms. The van der Waals surface area contributed by atoms with Gasteiger partial charge in [-0.15, -0.1) is 0 Å². The smallest absolute Gasteiger partial charge is 0.284 e. The van der Waals surface area contributed by atoms with Crippen molar-refractivity contribution >= 4 is 0 Å². The molecule has 65 valence electrons. The lowest BCUT2D eigenvalue weighted by atomic mass is 10.1. The topological polar surface area (TPSA) is 26.0 Å². The molecular weight excluding hydrogens is 169 g/mol. The number of benzene rings is 1. The average molecular weight is 176 g/mol. The number of aromatic nitrogens is 1. The van der Waals surface area contributed by atoms with Crippen LogP contribution in [0.25, 0.3) is 11.3 Å². The fourth-order valence-corrected chi connectivity index (χ4v) is 1.16. The third kappa shape index (κ3) is 1.45. The van der Waals surface area contributed by atoms with Crippen molar-refractivity contribution in [2.45, 2.75) is 6.92 Å². The zero-order valence-corrected chi connectivity index (χ0v) is 7.04. The molecule has 0 saturated heterocycles. The van der Waals surface area contributed by atoms with E-state index in [1.807, 2.05) is 0 Å². The van der Waals surface area contributed by atoms with Crippen LogP contribution < -0.4 is 0 Å². The third-order valence-electron chi connectivity index (χ3n) is 1.78. The maximum Gasteiger partial charge on any atom is 0.284 e. The van der Waals surface area contributed by atoms with E-state index in [-0.39, 0.29) is 5.82 Å². The Labute approximate surface area is 75.0 Å². The number of nitrogens with zero attached hydrogens (tertiary/aromatic N) is 1. The Bertz CT molecular complexity index is 422. The molecule has 0 aliphatic heterocycles. The highest BCUT2D eigenvalue weighted by atomic mass is 19.1. The molecule has 2 rings (SSSR count). The number of aryl methyl sites for hydroxylation is 1. The highest BCUT2D eigenvalue weighted by molar-refractivity contribution is 5.59. The van der Waals surface area contributed by atoms with E-state index in [1.54, 1.807) is 19.1 Å². The first-order chi connectivity index (χ1) is 6.27. The molecular formula is C10H7FNO. The Morgan fingerprint density at radius 1 is 1.46 bits per heavy atom. The first kappa shape index (κ1) is 7.98. The van der Waals surface area contributed by atoms with E-state index in [4.69, 9.17) is 4.42 Å². The normalized spacial score (nSPS) is 10.3. The maximum atomic E-state index is 12.8. The summed E-state index contributed by atoms with van der Waals surface area (Å²) in [4.78, 5) is 3.81. The van der Waals surface area contributed by atoms with Crippen molar-refractivity contribution in [3.05, 3.63) is 42.2 Å². The van der Waals surface area contributed by atoms with E-state index in [2.05, 4.69) is 11.4 Å². The number of halogens is 1. The van der Waals surface area contributed by atoms with Gasteiger partial charge in [-0.05, 0) is 19.1 Å². The fourth-order valence-electron chi connectivity index (χ4n) is 1.16. The Hall–Kier alpha value is -1.64. The minimum atomic E-state index is -0.284. The fraction of sp³-hybridized carbons (Fsp3) is 0.100. The van der Waals surface area contributed by atoms with Crippen LogP contribution in [-0.4, -0.2) is 4.98 Å². The lowest BCUT2D eigenvalue weighted by Crippen LogP contribution is -1.80. The second-order valence-corrected chi connectivity index (χ2v) is 2.73. The molecule has 0 fully saturated rings. The Morgan fingerprint density at radius 2 is 2.31 bits per heavy atom. The molecule has 0 amide bonds. The SMILES string of the molecule is Cc1n[c]oc1-c1cccc(F)c1. The highest BCUT2D eigenvalue weighted by Crippen LogP contribution is 2.22. The first-order valence-electron chi connectivity index (χ1n) is 3.87. The molecule has 0 bridgehead atoms. The molecule has 0 saturated carbocycles. The van der Waals surface area contributed by atoms with Crippen molar-refractivity contribution in [2.75, 3.05) is 0 Å². The number of oxazole rings is 1. The number of hydrogen-bond acceptors (Lipinski definition) is 2. The molecule has 0 aliphatic carbocycles. The van der Waals surface area contributed by atoms with Crippen molar-refractivity contribution in [3.63, 3.8) is 0 Å². The Kier molecular flexibility index (Phi) is 1.85. The van der Waals surface area contributed by atoms with Gasteiger partial charge in [0.2, 0.25) is 0 Å². The molecule has 1 aromatic heterocycles. The number of rotatable bonds is 1. The molecule has 0 N–H and O–H groups in total. The van der Waals surface area contributed by atoms with Gasteiger partial charge in [0.15, 0.2) is 5.76 Å². The Balaban J connectivity index is 2.53. The lowest BCUT2D eigenvalue weighted by Gasteiger charge is -1.96. The average Bonchev–Trinajstić information content (AvgIpc) is 2.51. The van der Waals surface area contributed by atoms with Crippen LogP contribution in [0.3, 0.4) is 0 Å². The van der Waals surface area contributed by atoms with Crippen LogP contribution in [0.4, 0.5) is 4.39 Å². The summed E-state index contributed by atoms with van der Waals surface area (Å²) in [5.74, 6) is 0.285. The summed E-state index contributed by atoms with van der Waals surface area (Å²) in [7, 11) is 0. The minimum Gasteiger partial charge on any atom is -0.432 e. The predicted molar refractivity (Wildman–Crippen MR) is 45.5 cm³/mol. The zero-order valence-electron chi connectivity index (χ0n) is 7.04. The van der Waals surface area contributed by atoms with Crippen LogP contribution in [0.1, 0.15) is 5.69 Å². The van der Waals surface area contributed by atoms with Crippen molar-refractivity contribution in [2.24, 2.45) is 0 Å². The quantitative estimate of drug-likeness (QED) is 0.667. The van der Waals surface area contributed by atoms with Gasteiger partial charge < -0.3 is 4.42 Å². The van der Waals surface area contributed by atoms with Crippen molar-refractivity contribution in [1.82, 2.24) is 4.98 Å². The molecule has 2 aromatic rings. The van der Waals surface area contributed by atoms with E-state index < -0.39 is 0 Å². The van der Waals surface area contributed by atoms with E-state index in [9.17, 15) is 4.39 Å². The van der Waals surface area contributed by atoms with Gasteiger partial charge in [0.1, 0.15) is 5.82 Å². The molecule has 0 atom stereocenters. The maximum absolute atomic E-state index is 12.8. The van der Waals surface area contributed by atoms with Crippen LogP contribution in [-0.2, 0) is 0 Å². The predicted octanol–water partition coefficient (Wildman–Crippen LogP) is 2.59. The molecule has 0 unspecified atom stereocenters. The van der Waals surface area contributed by atoms with Gasteiger partial charge in [-0.2, -0.15) is 0 Å². The van der Waals surface area contributed by atoms with E-state index >= 15 is 0 Å². The van der Waals surface area contributed by atoms with Gasteiger partial charge in [-0.1, -0.05) is 12.1 Å². The molecule has 13 heavy (non-hydrogen) atoms. The summed E-state index contributed by atoms with van der Waals surface area (Å²) < 4.78 is 17.8. The largest absolute Gasteiger partial charge is 0.432 e. The van der Waals surface area contributed by atoms with Crippen LogP contribution in [0, 0.1) is 19.1 Å². The summed E-state index contributed by atoms with van der Waals surface area (Å²) in [6.45, 7) is 1.79. The summed E-state index contributed by atoms with van der Waals surface area (Å²) >= 11 is 0. The molecule has 3 heteroatoms. The van der Waals surface area contributed by atoms with Gasteiger partial charge in [-0.25, -0.2) is 9.37 Å². The number of hydrogen-bond donors (Lipinski definition) is 0. The summed E-state index contributed by atoms with van der Waals surface area (Å²) in [6, 6.07) is 6.19. The second-order valence-electron chi connectivity index (χ2n) is 2.73. The van der Waals surface area contributed by atoms with Crippen molar-refractivity contribution in [1.29, 1.82) is 0 Å². The molecule has 0 aliphatic rings. The Morgan fingerprint density at radius 3 is 2.92 bits per heavy atom. The van der Waals surface area contributed by atoms with Crippen molar-refractivity contribution in [3.8, 4) is 11.3 Å². The summed E-state index contributed by atoms with van der Waals surface area (Å²) in [6.07, 6.45) is 2.37. The second kappa shape index (κ2) is 3.01. The standard InChI is InChI=1S/C10H7FNO/c1-7-10(13-6-12-7)8-3-2-4-9(11)5-8/h2-5H,1H3. The third-order valence-corrected chi connectivity index (χ3v) is 1.78. The summed E-state index contributed by atoms with van der Waals surface area (Å²) in [5.41, 5.74) is 1.40. The van der Waals surface area contributed by atoms with E-state index in [0.717, 1.165) is 0 Å². The molecule has 2 nitrogen and oxygen atoms in total. The first-order valence-corrected chi connectivity index (χ1v) is 3.87. The molecule has 1 radical (unpaired) electrons. The van der Waals surface area contributed by atoms with Gasteiger partial charge >= 0.3 is 0 Å². The van der Waals surface area contributed by atoms with Gasteiger partial charge in [0.05, 0.1) is 5.69 Å². The lowest BCUT2D eigenvalue weighted by molar-refractivity contribution is 0.560. The van der Waals surface area contributed by atoms with E-state index in [1.165, 1.54) is 12.1 Å². The van der Waals surface area contributed by atoms with Gasteiger partial charge in [-0.3, -0.25) is 0 Å². The van der Waals surface area contributed by atoms with Crippen LogP contribution >= 0.6 is 0 Å². The van der Waals surface area contributed by atoms with Crippen LogP contribution in [0.15, 0.2) is 28.7 Å². The van der Waals surface area contributed by atoms with Gasteiger partial charge in [0, 0.05) is 5.56 Å². The van der Waals surface area contributed by atoms with Crippen LogP contribution in [0.5, 0.6) is 0 Å². The van der Waals surface area contributed by atoms with Crippen LogP contribution in [0.2, 0.25) is 0 Å².